The van der Waals surface area contributed by atoms with Crippen LogP contribution in [0.1, 0.15) is 11.4 Å². The molecule has 2 rings (SSSR count). The Bertz CT molecular complexity index is 687. The predicted octanol–water partition coefficient (Wildman–Crippen LogP) is 1.23. The second-order valence-corrected chi connectivity index (χ2v) is 6.50. The maximum Gasteiger partial charge on any atom is 0.244 e. The Balaban J connectivity index is 2.23. The van der Waals surface area contributed by atoms with Crippen molar-refractivity contribution in [2.24, 2.45) is 0 Å². The smallest absolute Gasteiger partial charge is 0.244 e. The molecule has 2 heterocycles. The van der Waals surface area contributed by atoms with Gasteiger partial charge in [-0.1, -0.05) is 0 Å². The minimum atomic E-state index is -3.61. The van der Waals surface area contributed by atoms with Gasteiger partial charge in [-0.05, 0) is 12.1 Å². The van der Waals surface area contributed by atoms with E-state index in [9.17, 15) is 8.42 Å². The summed E-state index contributed by atoms with van der Waals surface area (Å²) in [5.74, 6) is 0. The molecule has 6 nitrogen and oxygen atoms in total. The molecule has 98 valence electrons. The number of thiazole rings is 1. The third-order valence-electron chi connectivity index (χ3n) is 2.43. The van der Waals surface area contributed by atoms with Crippen molar-refractivity contribution >= 4 is 21.4 Å². The molecular weight excluding hydrogens is 284 g/mol. The molecule has 8 heteroatoms. The van der Waals surface area contributed by atoms with Crippen molar-refractivity contribution < 1.29 is 8.42 Å². The SMILES string of the molecule is CN(Cc1cscn1)S(=O)(=O)c1ccc(C#N)nc1. The first-order valence-electron chi connectivity index (χ1n) is 5.23. The van der Waals surface area contributed by atoms with E-state index < -0.39 is 10.0 Å². The molecule has 0 radical (unpaired) electrons. The van der Waals surface area contributed by atoms with E-state index >= 15 is 0 Å². The molecular formula is C11H10N4O2S2. The molecule has 2 aromatic heterocycles. The normalized spacial score (nSPS) is 11.4. The summed E-state index contributed by atoms with van der Waals surface area (Å²) >= 11 is 1.41. The third kappa shape index (κ3) is 2.96. The van der Waals surface area contributed by atoms with Crippen molar-refractivity contribution in [3.63, 3.8) is 0 Å². The highest BCUT2D eigenvalue weighted by atomic mass is 32.2. The van der Waals surface area contributed by atoms with Gasteiger partial charge in [-0.25, -0.2) is 18.4 Å². The van der Waals surface area contributed by atoms with Gasteiger partial charge >= 0.3 is 0 Å². The van der Waals surface area contributed by atoms with Crippen LogP contribution in [0.15, 0.2) is 34.1 Å². The molecule has 0 unspecified atom stereocenters. The molecule has 0 bridgehead atoms. The summed E-state index contributed by atoms with van der Waals surface area (Å²) in [6.07, 6.45) is 1.19. The number of hydrogen-bond donors (Lipinski definition) is 0. The highest BCUT2D eigenvalue weighted by Gasteiger charge is 2.21. The van der Waals surface area contributed by atoms with Crippen LogP contribution in [0, 0.1) is 11.3 Å². The van der Waals surface area contributed by atoms with Crippen LogP contribution in [0.25, 0.3) is 0 Å². The Labute approximate surface area is 115 Å². The highest BCUT2D eigenvalue weighted by Crippen LogP contribution is 2.16. The summed E-state index contributed by atoms with van der Waals surface area (Å²) in [7, 11) is -2.13. The van der Waals surface area contributed by atoms with Crippen molar-refractivity contribution in [2.75, 3.05) is 7.05 Å². The summed E-state index contributed by atoms with van der Waals surface area (Å²) in [6.45, 7) is 0.200. The average Bonchev–Trinajstić information content (AvgIpc) is 2.91. The maximum atomic E-state index is 12.2. The molecule has 0 saturated heterocycles. The van der Waals surface area contributed by atoms with Gasteiger partial charge in [-0.15, -0.1) is 11.3 Å². The molecule has 0 aliphatic carbocycles. The van der Waals surface area contributed by atoms with Crippen LogP contribution in [-0.2, 0) is 16.6 Å². The van der Waals surface area contributed by atoms with Gasteiger partial charge in [-0.3, -0.25) is 0 Å². The molecule has 0 spiro atoms. The number of pyridine rings is 1. The summed E-state index contributed by atoms with van der Waals surface area (Å²) in [5, 5.41) is 10.4. The van der Waals surface area contributed by atoms with Gasteiger partial charge < -0.3 is 0 Å². The zero-order valence-electron chi connectivity index (χ0n) is 10.0. The van der Waals surface area contributed by atoms with Crippen molar-refractivity contribution in [1.29, 1.82) is 5.26 Å². The molecule has 0 fully saturated rings. The largest absolute Gasteiger partial charge is 0.248 e. The molecule has 0 aliphatic rings. The minimum Gasteiger partial charge on any atom is -0.248 e. The number of rotatable bonds is 4. The molecule has 0 N–H and O–H groups in total. The lowest BCUT2D eigenvalue weighted by atomic mass is 10.4. The number of sulfonamides is 1. The van der Waals surface area contributed by atoms with Gasteiger partial charge in [0.05, 0.1) is 17.7 Å². The van der Waals surface area contributed by atoms with E-state index in [1.165, 1.54) is 41.0 Å². The predicted molar refractivity (Wildman–Crippen MR) is 69.7 cm³/mol. The van der Waals surface area contributed by atoms with E-state index in [0.717, 1.165) is 0 Å². The Morgan fingerprint density at radius 1 is 1.42 bits per heavy atom. The fraction of sp³-hybridized carbons (Fsp3) is 0.182. The highest BCUT2D eigenvalue weighted by molar-refractivity contribution is 7.89. The van der Waals surface area contributed by atoms with E-state index in [0.29, 0.717) is 5.69 Å². The summed E-state index contributed by atoms with van der Waals surface area (Å²) in [4.78, 5) is 7.87. The van der Waals surface area contributed by atoms with E-state index in [1.807, 2.05) is 6.07 Å². The number of aromatic nitrogens is 2. The van der Waals surface area contributed by atoms with Crippen molar-refractivity contribution in [3.8, 4) is 6.07 Å². The second-order valence-electron chi connectivity index (χ2n) is 3.73. The van der Waals surface area contributed by atoms with E-state index in [4.69, 9.17) is 5.26 Å². The summed E-state index contributed by atoms with van der Waals surface area (Å²) < 4.78 is 25.7. The Hall–Kier alpha value is -1.82. The lowest BCUT2D eigenvalue weighted by Crippen LogP contribution is -2.26. The van der Waals surface area contributed by atoms with Gasteiger partial charge in [0.15, 0.2) is 0 Å². The quantitative estimate of drug-likeness (QED) is 0.846. The molecule has 0 saturated carbocycles. The van der Waals surface area contributed by atoms with E-state index in [1.54, 1.807) is 10.9 Å². The van der Waals surface area contributed by atoms with Gasteiger partial charge in [0.1, 0.15) is 16.7 Å². The Morgan fingerprint density at radius 3 is 2.74 bits per heavy atom. The van der Waals surface area contributed by atoms with Gasteiger partial charge in [0.2, 0.25) is 10.0 Å². The fourth-order valence-corrected chi connectivity index (χ4v) is 3.05. The first-order valence-corrected chi connectivity index (χ1v) is 7.62. The average molecular weight is 294 g/mol. The van der Waals surface area contributed by atoms with Crippen molar-refractivity contribution in [3.05, 3.63) is 40.6 Å². The topological polar surface area (TPSA) is 87.0 Å². The standard InChI is InChI=1S/C11H10N4O2S2/c1-15(6-10-7-18-8-14-10)19(16,17)11-3-2-9(4-12)13-5-11/h2-3,5,7-8H,6H2,1H3. The Kier molecular flexibility index (Phi) is 3.90. The minimum absolute atomic E-state index is 0.0595. The molecule has 0 amide bonds. The molecule has 0 aliphatic heterocycles. The molecule has 2 aromatic rings. The zero-order chi connectivity index (χ0) is 13.9. The number of hydrogen-bond acceptors (Lipinski definition) is 6. The van der Waals surface area contributed by atoms with Gasteiger partial charge in [0, 0.05) is 18.6 Å². The number of nitriles is 1. The monoisotopic (exact) mass is 294 g/mol. The van der Waals surface area contributed by atoms with Crippen LogP contribution in [0.2, 0.25) is 0 Å². The first kappa shape index (κ1) is 13.6. The molecule has 19 heavy (non-hydrogen) atoms. The lowest BCUT2D eigenvalue weighted by molar-refractivity contribution is 0.462. The van der Waals surface area contributed by atoms with Crippen LogP contribution in [0.3, 0.4) is 0 Å². The lowest BCUT2D eigenvalue weighted by Gasteiger charge is -2.15. The summed E-state index contributed by atoms with van der Waals surface area (Å²) in [5.41, 5.74) is 2.53. The second kappa shape index (κ2) is 5.44. The maximum absolute atomic E-state index is 12.2. The van der Waals surface area contributed by atoms with Crippen LogP contribution < -0.4 is 0 Å². The van der Waals surface area contributed by atoms with Gasteiger partial charge in [-0.2, -0.15) is 9.57 Å². The van der Waals surface area contributed by atoms with E-state index in [2.05, 4.69) is 9.97 Å². The van der Waals surface area contributed by atoms with Crippen LogP contribution >= 0.6 is 11.3 Å². The summed E-state index contributed by atoms with van der Waals surface area (Å²) in [6, 6.07) is 4.60. The van der Waals surface area contributed by atoms with Crippen molar-refractivity contribution in [2.45, 2.75) is 11.4 Å². The first-order chi connectivity index (χ1) is 9.04. The fourth-order valence-electron chi connectivity index (χ4n) is 1.41. The van der Waals surface area contributed by atoms with Crippen LogP contribution in [-0.4, -0.2) is 29.7 Å². The van der Waals surface area contributed by atoms with E-state index in [-0.39, 0.29) is 17.1 Å². The van der Waals surface area contributed by atoms with Crippen LogP contribution in [0.4, 0.5) is 0 Å². The van der Waals surface area contributed by atoms with Gasteiger partial charge in [0.25, 0.3) is 0 Å². The third-order valence-corrected chi connectivity index (χ3v) is 4.85. The molecule has 0 atom stereocenters. The van der Waals surface area contributed by atoms with Crippen molar-refractivity contribution in [1.82, 2.24) is 14.3 Å². The number of nitrogens with zero attached hydrogens (tertiary/aromatic N) is 4. The molecule has 0 aromatic carbocycles. The van der Waals surface area contributed by atoms with Crippen LogP contribution in [0.5, 0.6) is 0 Å². The zero-order valence-corrected chi connectivity index (χ0v) is 11.6. The Morgan fingerprint density at radius 2 is 2.21 bits per heavy atom.